The van der Waals surface area contributed by atoms with Crippen molar-refractivity contribution in [2.24, 2.45) is 0 Å². The second-order valence-electron chi connectivity index (χ2n) is 8.24. The van der Waals surface area contributed by atoms with Crippen LogP contribution in [-0.2, 0) is 4.74 Å². The number of fused-ring (bicyclic) bond motifs is 1. The fraction of sp³-hybridized carbons (Fsp3) is 0.250. The lowest BCUT2D eigenvalue weighted by atomic mass is 10.1. The van der Waals surface area contributed by atoms with Crippen LogP contribution in [0.2, 0.25) is 5.02 Å². The summed E-state index contributed by atoms with van der Waals surface area (Å²) in [5, 5.41) is 4.33. The number of carbonyl (C=O) groups excluding carboxylic acids is 1. The van der Waals surface area contributed by atoms with Crippen LogP contribution in [0.4, 0.5) is 16.7 Å². The molecular formula is C24H22ClN7O4. The van der Waals surface area contributed by atoms with Crippen LogP contribution < -0.4 is 20.5 Å². The molecule has 0 unspecified atom stereocenters. The third-order valence-electron chi connectivity index (χ3n) is 5.87. The summed E-state index contributed by atoms with van der Waals surface area (Å²) < 4.78 is 10.5. The standard InChI is InChI=1S/C24H22ClN7O4/c1-12(16-8-15-9-17(25)20(35-3)10-18(15)30-21(16)33)27-22-28-13(2)29-23(31-22)32-19(11-36-24(32)34)14-4-6-26-7-5-14/h4-10,12,19H,11H2,1-3H3,(H,30,33)(H,27,28,29,31)/t12-,19+/m0/s1. The van der Waals surface area contributed by atoms with Gasteiger partial charge >= 0.3 is 6.09 Å². The minimum atomic E-state index is -0.556. The number of cyclic esters (lactones) is 1. The normalized spacial score (nSPS) is 16.2. The number of hydrogen-bond acceptors (Lipinski definition) is 9. The van der Waals surface area contributed by atoms with E-state index in [1.165, 1.54) is 12.0 Å². The summed E-state index contributed by atoms with van der Waals surface area (Å²) >= 11 is 6.26. The smallest absolute Gasteiger partial charge is 0.417 e. The van der Waals surface area contributed by atoms with Gasteiger partial charge in [0.05, 0.1) is 23.7 Å². The molecule has 12 heteroatoms. The van der Waals surface area contributed by atoms with E-state index in [9.17, 15) is 9.59 Å². The largest absolute Gasteiger partial charge is 0.495 e. The molecule has 1 saturated heterocycles. The van der Waals surface area contributed by atoms with Crippen molar-refractivity contribution in [3.05, 3.63) is 75.1 Å². The molecule has 1 amide bonds. The summed E-state index contributed by atoms with van der Waals surface area (Å²) in [6, 6.07) is 7.89. The summed E-state index contributed by atoms with van der Waals surface area (Å²) in [5.41, 5.74) is 1.62. The summed E-state index contributed by atoms with van der Waals surface area (Å²) in [4.78, 5) is 46.9. The van der Waals surface area contributed by atoms with Crippen LogP contribution in [0.1, 0.15) is 36.0 Å². The highest BCUT2D eigenvalue weighted by atomic mass is 35.5. The van der Waals surface area contributed by atoms with Gasteiger partial charge in [-0.2, -0.15) is 15.0 Å². The molecule has 3 aromatic heterocycles. The molecule has 4 aromatic rings. The number of nitrogens with one attached hydrogen (secondary N) is 2. The average molecular weight is 508 g/mol. The van der Waals surface area contributed by atoms with Gasteiger partial charge < -0.3 is 19.8 Å². The van der Waals surface area contributed by atoms with Crippen molar-refractivity contribution in [1.29, 1.82) is 0 Å². The number of benzene rings is 1. The van der Waals surface area contributed by atoms with E-state index in [1.54, 1.807) is 37.5 Å². The number of carbonyl (C=O) groups is 1. The highest BCUT2D eigenvalue weighted by molar-refractivity contribution is 6.32. The van der Waals surface area contributed by atoms with Gasteiger partial charge in [0.15, 0.2) is 0 Å². The van der Waals surface area contributed by atoms with Gasteiger partial charge in [-0.05, 0) is 43.7 Å². The topological polar surface area (TPSA) is 135 Å². The minimum Gasteiger partial charge on any atom is -0.495 e. The molecule has 1 aromatic carbocycles. The molecule has 2 atom stereocenters. The number of hydrogen-bond donors (Lipinski definition) is 2. The Morgan fingerprint density at radius 3 is 2.72 bits per heavy atom. The molecule has 2 N–H and O–H groups in total. The van der Waals surface area contributed by atoms with E-state index < -0.39 is 18.2 Å². The van der Waals surface area contributed by atoms with E-state index in [2.05, 4.69) is 30.2 Å². The van der Waals surface area contributed by atoms with E-state index in [0.29, 0.717) is 27.7 Å². The van der Waals surface area contributed by atoms with Gasteiger partial charge in [-0.25, -0.2) is 9.69 Å². The molecule has 0 bridgehead atoms. The number of pyridine rings is 2. The molecular weight excluding hydrogens is 486 g/mol. The fourth-order valence-electron chi connectivity index (χ4n) is 4.09. The lowest BCUT2D eigenvalue weighted by Crippen LogP contribution is -2.30. The zero-order chi connectivity index (χ0) is 25.4. The first-order valence-electron chi connectivity index (χ1n) is 11.1. The maximum Gasteiger partial charge on any atom is 0.417 e. The molecule has 0 radical (unpaired) electrons. The molecule has 11 nitrogen and oxygen atoms in total. The quantitative estimate of drug-likeness (QED) is 0.397. The number of H-pyrrole nitrogens is 1. The van der Waals surface area contributed by atoms with Gasteiger partial charge in [0.1, 0.15) is 24.2 Å². The van der Waals surface area contributed by atoms with Crippen LogP contribution in [0.5, 0.6) is 5.75 Å². The lowest BCUT2D eigenvalue weighted by Gasteiger charge is -2.21. The predicted molar refractivity (Wildman–Crippen MR) is 134 cm³/mol. The first-order chi connectivity index (χ1) is 17.3. The van der Waals surface area contributed by atoms with Crippen LogP contribution in [0, 0.1) is 6.92 Å². The van der Waals surface area contributed by atoms with E-state index in [1.807, 2.05) is 19.1 Å². The second-order valence-corrected chi connectivity index (χ2v) is 8.65. The average Bonchev–Trinajstić information content (AvgIpc) is 3.25. The molecule has 1 fully saturated rings. The third kappa shape index (κ3) is 4.40. The van der Waals surface area contributed by atoms with Crippen LogP contribution in [0.15, 0.2) is 47.5 Å². The van der Waals surface area contributed by atoms with E-state index in [0.717, 1.165) is 10.9 Å². The second kappa shape index (κ2) is 9.42. The van der Waals surface area contributed by atoms with Gasteiger partial charge in [0.2, 0.25) is 11.9 Å². The molecule has 1 aliphatic heterocycles. The van der Waals surface area contributed by atoms with Crippen molar-refractivity contribution in [3.63, 3.8) is 0 Å². The Bertz CT molecular complexity index is 1510. The van der Waals surface area contributed by atoms with Gasteiger partial charge in [-0.3, -0.25) is 9.78 Å². The van der Waals surface area contributed by atoms with Crippen LogP contribution in [-0.4, -0.2) is 44.7 Å². The highest BCUT2D eigenvalue weighted by Gasteiger charge is 2.37. The summed E-state index contributed by atoms with van der Waals surface area (Å²) in [6.45, 7) is 3.67. The Morgan fingerprint density at radius 2 is 1.97 bits per heavy atom. The molecule has 1 aliphatic rings. The Kier molecular flexibility index (Phi) is 6.15. The third-order valence-corrected chi connectivity index (χ3v) is 6.17. The number of amides is 1. The molecule has 0 saturated carbocycles. The van der Waals surface area contributed by atoms with E-state index >= 15 is 0 Å². The molecule has 0 aliphatic carbocycles. The van der Waals surface area contributed by atoms with Crippen LogP contribution >= 0.6 is 11.6 Å². The Balaban J connectivity index is 1.46. The summed E-state index contributed by atoms with van der Waals surface area (Å²) in [6.07, 6.45) is 2.74. The van der Waals surface area contributed by atoms with Crippen molar-refractivity contribution in [3.8, 4) is 5.75 Å². The molecule has 36 heavy (non-hydrogen) atoms. The Labute approximate surface area is 210 Å². The van der Waals surface area contributed by atoms with Crippen molar-refractivity contribution >= 4 is 40.5 Å². The Morgan fingerprint density at radius 1 is 1.19 bits per heavy atom. The maximum absolute atomic E-state index is 12.8. The van der Waals surface area contributed by atoms with E-state index in [-0.39, 0.29) is 24.1 Å². The highest BCUT2D eigenvalue weighted by Crippen LogP contribution is 2.32. The number of anilines is 2. The number of aromatic nitrogens is 5. The first kappa shape index (κ1) is 23.5. The summed E-state index contributed by atoms with van der Waals surface area (Å²) in [5.74, 6) is 1.23. The number of halogens is 1. The summed E-state index contributed by atoms with van der Waals surface area (Å²) in [7, 11) is 1.51. The SMILES string of the molecule is COc1cc2[nH]c(=O)c([C@H](C)Nc3nc(C)nc(N4C(=O)OC[C@@H]4c4ccncc4)n3)cc2cc1Cl. The van der Waals surface area contributed by atoms with Gasteiger partial charge in [0, 0.05) is 29.4 Å². The maximum atomic E-state index is 12.8. The first-order valence-corrected chi connectivity index (χ1v) is 11.5. The van der Waals surface area contributed by atoms with E-state index in [4.69, 9.17) is 21.1 Å². The van der Waals surface area contributed by atoms with Gasteiger partial charge in [-0.1, -0.05) is 11.6 Å². The molecule has 4 heterocycles. The minimum absolute atomic E-state index is 0.146. The molecule has 5 rings (SSSR count). The number of methoxy groups -OCH3 is 1. The number of nitrogens with zero attached hydrogens (tertiary/aromatic N) is 5. The Hall–Kier alpha value is -4.25. The number of rotatable bonds is 6. The van der Waals surface area contributed by atoms with Crippen LogP contribution in [0.25, 0.3) is 10.9 Å². The number of ether oxygens (including phenoxy) is 2. The zero-order valence-electron chi connectivity index (χ0n) is 19.7. The number of aryl methyl sites for hydroxylation is 1. The zero-order valence-corrected chi connectivity index (χ0v) is 20.4. The predicted octanol–water partition coefficient (Wildman–Crippen LogP) is 3.95. The van der Waals surface area contributed by atoms with Crippen molar-refractivity contribution in [1.82, 2.24) is 24.9 Å². The van der Waals surface area contributed by atoms with Gasteiger partial charge in [-0.15, -0.1) is 0 Å². The monoisotopic (exact) mass is 507 g/mol. The lowest BCUT2D eigenvalue weighted by molar-refractivity contribution is 0.178. The van der Waals surface area contributed by atoms with Crippen molar-refractivity contribution in [2.75, 3.05) is 23.9 Å². The molecule has 184 valence electrons. The van der Waals surface area contributed by atoms with Crippen molar-refractivity contribution < 1.29 is 14.3 Å². The number of aromatic amines is 1. The fourth-order valence-corrected chi connectivity index (χ4v) is 4.34. The van der Waals surface area contributed by atoms with Crippen LogP contribution in [0.3, 0.4) is 0 Å². The van der Waals surface area contributed by atoms with Gasteiger partial charge in [0.25, 0.3) is 5.56 Å². The van der Waals surface area contributed by atoms with Crippen molar-refractivity contribution in [2.45, 2.75) is 25.9 Å². The molecule has 0 spiro atoms.